The average molecular weight is 303 g/mol. The standard InChI is InChI=1S/C12H10Cl3N3/c1-6-2-10(16)12(17-5-6)18-11-4-8(14)7(13)3-9(11)15/h2-5H,16H2,1H3,(H,17,18). The van der Waals surface area contributed by atoms with E-state index in [1.54, 1.807) is 18.3 Å². The molecule has 0 aliphatic carbocycles. The van der Waals surface area contributed by atoms with Crippen molar-refractivity contribution in [1.29, 1.82) is 0 Å². The number of benzene rings is 1. The van der Waals surface area contributed by atoms with Gasteiger partial charge >= 0.3 is 0 Å². The minimum Gasteiger partial charge on any atom is -0.396 e. The smallest absolute Gasteiger partial charge is 0.153 e. The van der Waals surface area contributed by atoms with Crippen LogP contribution in [0.3, 0.4) is 0 Å². The third-order valence-corrected chi connectivity index (χ3v) is 3.35. The van der Waals surface area contributed by atoms with Crippen LogP contribution in [0.5, 0.6) is 0 Å². The first-order chi connectivity index (χ1) is 8.47. The van der Waals surface area contributed by atoms with Crippen molar-refractivity contribution >= 4 is 52.0 Å². The molecule has 1 aromatic heterocycles. The summed E-state index contributed by atoms with van der Waals surface area (Å²) in [6.07, 6.45) is 1.71. The molecule has 0 amide bonds. The van der Waals surface area contributed by atoms with E-state index in [0.717, 1.165) is 5.56 Å². The Morgan fingerprint density at radius 3 is 2.39 bits per heavy atom. The van der Waals surface area contributed by atoms with Crippen molar-refractivity contribution in [2.45, 2.75) is 6.92 Å². The van der Waals surface area contributed by atoms with Crippen molar-refractivity contribution in [2.75, 3.05) is 11.1 Å². The average Bonchev–Trinajstić information content (AvgIpc) is 2.29. The zero-order chi connectivity index (χ0) is 13.3. The Hall–Kier alpha value is -1.16. The fourth-order valence-corrected chi connectivity index (χ4v) is 2.04. The number of pyridine rings is 1. The molecular weight excluding hydrogens is 293 g/mol. The molecule has 0 unspecified atom stereocenters. The predicted octanol–water partition coefficient (Wildman–Crippen LogP) is 4.68. The van der Waals surface area contributed by atoms with Crippen LogP contribution in [0.25, 0.3) is 0 Å². The van der Waals surface area contributed by atoms with E-state index in [-0.39, 0.29) is 0 Å². The number of hydrogen-bond donors (Lipinski definition) is 2. The number of halogens is 3. The van der Waals surface area contributed by atoms with Crippen molar-refractivity contribution in [3.05, 3.63) is 45.0 Å². The van der Waals surface area contributed by atoms with Gasteiger partial charge in [0.25, 0.3) is 0 Å². The van der Waals surface area contributed by atoms with Gasteiger partial charge in [0, 0.05) is 6.20 Å². The topological polar surface area (TPSA) is 50.9 Å². The molecule has 3 nitrogen and oxygen atoms in total. The van der Waals surface area contributed by atoms with Crippen molar-refractivity contribution in [3.8, 4) is 0 Å². The van der Waals surface area contributed by atoms with E-state index in [9.17, 15) is 0 Å². The van der Waals surface area contributed by atoms with Crippen molar-refractivity contribution in [1.82, 2.24) is 4.98 Å². The molecule has 0 radical (unpaired) electrons. The summed E-state index contributed by atoms with van der Waals surface area (Å²) in [5, 5.41) is 4.29. The Labute approximate surface area is 120 Å². The van der Waals surface area contributed by atoms with E-state index < -0.39 is 0 Å². The van der Waals surface area contributed by atoms with Crippen LogP contribution in [-0.2, 0) is 0 Å². The summed E-state index contributed by atoms with van der Waals surface area (Å²) >= 11 is 17.9. The highest BCUT2D eigenvalue weighted by molar-refractivity contribution is 6.44. The lowest BCUT2D eigenvalue weighted by atomic mass is 10.2. The summed E-state index contributed by atoms with van der Waals surface area (Å²) < 4.78 is 0. The number of aromatic nitrogens is 1. The highest BCUT2D eigenvalue weighted by Gasteiger charge is 2.08. The number of nitrogens with two attached hydrogens (primary N) is 1. The Morgan fingerprint density at radius 2 is 1.72 bits per heavy atom. The maximum atomic E-state index is 6.06. The summed E-state index contributed by atoms with van der Waals surface area (Å²) in [5.41, 5.74) is 7.99. The van der Waals surface area contributed by atoms with Crippen LogP contribution in [-0.4, -0.2) is 4.98 Å². The van der Waals surface area contributed by atoms with Gasteiger partial charge in [0.2, 0.25) is 0 Å². The minimum absolute atomic E-state index is 0.400. The second kappa shape index (κ2) is 5.22. The second-order valence-electron chi connectivity index (χ2n) is 3.82. The van der Waals surface area contributed by atoms with E-state index in [1.165, 1.54) is 0 Å². The number of aryl methyl sites for hydroxylation is 1. The summed E-state index contributed by atoms with van der Waals surface area (Å²) in [7, 11) is 0. The van der Waals surface area contributed by atoms with Gasteiger partial charge in [-0.15, -0.1) is 0 Å². The molecule has 0 aliphatic heterocycles. The lowest BCUT2D eigenvalue weighted by Crippen LogP contribution is -2.00. The van der Waals surface area contributed by atoms with Crippen molar-refractivity contribution in [3.63, 3.8) is 0 Å². The number of nitrogens with one attached hydrogen (secondary N) is 1. The summed E-state index contributed by atoms with van der Waals surface area (Å²) in [4.78, 5) is 4.20. The fraction of sp³-hybridized carbons (Fsp3) is 0.0833. The van der Waals surface area contributed by atoms with Gasteiger partial charge in [0.05, 0.1) is 26.4 Å². The van der Waals surface area contributed by atoms with Gasteiger partial charge in [0.15, 0.2) is 5.82 Å². The third kappa shape index (κ3) is 2.80. The van der Waals surface area contributed by atoms with Gasteiger partial charge in [-0.1, -0.05) is 34.8 Å². The molecule has 2 aromatic rings. The van der Waals surface area contributed by atoms with E-state index >= 15 is 0 Å². The molecule has 2 rings (SSSR count). The molecule has 18 heavy (non-hydrogen) atoms. The number of hydrogen-bond acceptors (Lipinski definition) is 3. The van der Waals surface area contributed by atoms with E-state index in [2.05, 4.69) is 10.3 Å². The van der Waals surface area contributed by atoms with Crippen LogP contribution < -0.4 is 11.1 Å². The molecular formula is C12H10Cl3N3. The molecule has 0 fully saturated rings. The molecule has 0 saturated heterocycles. The lowest BCUT2D eigenvalue weighted by Gasteiger charge is -2.11. The molecule has 0 bridgehead atoms. The molecule has 3 N–H and O–H groups in total. The second-order valence-corrected chi connectivity index (χ2v) is 5.04. The van der Waals surface area contributed by atoms with Crippen molar-refractivity contribution < 1.29 is 0 Å². The van der Waals surface area contributed by atoms with E-state index in [1.807, 2.05) is 13.0 Å². The summed E-state index contributed by atoms with van der Waals surface area (Å²) in [6, 6.07) is 5.02. The molecule has 0 spiro atoms. The Kier molecular flexibility index (Phi) is 3.85. The first-order valence-electron chi connectivity index (χ1n) is 5.11. The number of anilines is 3. The van der Waals surface area contributed by atoms with Gasteiger partial charge < -0.3 is 11.1 Å². The van der Waals surface area contributed by atoms with Crippen LogP contribution in [0.2, 0.25) is 15.1 Å². The molecule has 0 atom stereocenters. The normalized spacial score (nSPS) is 10.4. The van der Waals surface area contributed by atoms with Crippen LogP contribution >= 0.6 is 34.8 Å². The van der Waals surface area contributed by atoms with Crippen LogP contribution in [0.4, 0.5) is 17.2 Å². The van der Waals surface area contributed by atoms with Gasteiger partial charge in [-0.3, -0.25) is 0 Å². The number of rotatable bonds is 2. The van der Waals surface area contributed by atoms with Gasteiger partial charge in [-0.05, 0) is 30.7 Å². The number of nitrogen functional groups attached to an aromatic ring is 1. The van der Waals surface area contributed by atoms with Gasteiger partial charge in [-0.2, -0.15) is 0 Å². The molecule has 94 valence electrons. The zero-order valence-corrected chi connectivity index (χ0v) is 11.7. The van der Waals surface area contributed by atoms with Gasteiger partial charge in [0.1, 0.15) is 0 Å². The van der Waals surface area contributed by atoms with Crippen LogP contribution in [0.1, 0.15) is 5.56 Å². The highest BCUT2D eigenvalue weighted by atomic mass is 35.5. The largest absolute Gasteiger partial charge is 0.396 e. The maximum absolute atomic E-state index is 6.06. The van der Waals surface area contributed by atoms with Gasteiger partial charge in [-0.25, -0.2) is 4.98 Å². The zero-order valence-electron chi connectivity index (χ0n) is 9.47. The summed E-state index contributed by atoms with van der Waals surface area (Å²) in [6.45, 7) is 1.92. The monoisotopic (exact) mass is 301 g/mol. The molecule has 0 saturated carbocycles. The lowest BCUT2D eigenvalue weighted by molar-refractivity contribution is 1.26. The molecule has 6 heteroatoms. The molecule has 0 aliphatic rings. The maximum Gasteiger partial charge on any atom is 0.153 e. The van der Waals surface area contributed by atoms with Crippen LogP contribution in [0, 0.1) is 6.92 Å². The Morgan fingerprint density at radius 1 is 1.06 bits per heavy atom. The van der Waals surface area contributed by atoms with Crippen LogP contribution in [0.15, 0.2) is 24.4 Å². The third-order valence-electron chi connectivity index (χ3n) is 2.32. The Balaban J connectivity index is 2.37. The quantitative estimate of drug-likeness (QED) is 0.792. The molecule has 1 aromatic carbocycles. The Bertz CT molecular complexity index is 599. The first-order valence-corrected chi connectivity index (χ1v) is 6.24. The van der Waals surface area contributed by atoms with E-state index in [4.69, 9.17) is 40.5 Å². The van der Waals surface area contributed by atoms with E-state index in [0.29, 0.717) is 32.3 Å². The first kappa shape index (κ1) is 13.3. The molecule has 1 heterocycles. The number of nitrogens with zero attached hydrogens (tertiary/aromatic N) is 1. The highest BCUT2D eigenvalue weighted by Crippen LogP contribution is 2.34. The SMILES string of the molecule is Cc1cnc(Nc2cc(Cl)c(Cl)cc2Cl)c(N)c1. The summed E-state index contributed by atoms with van der Waals surface area (Å²) in [5.74, 6) is 0.529. The minimum atomic E-state index is 0.400. The fourth-order valence-electron chi connectivity index (χ4n) is 1.44. The van der Waals surface area contributed by atoms with Crippen molar-refractivity contribution in [2.24, 2.45) is 0 Å². The predicted molar refractivity (Wildman–Crippen MR) is 78.1 cm³/mol.